The van der Waals surface area contributed by atoms with Crippen molar-refractivity contribution < 1.29 is 22.4 Å². The number of carbonyl (C=O) groups is 1. The Morgan fingerprint density at radius 3 is 2.40 bits per heavy atom. The van der Waals surface area contributed by atoms with Gasteiger partial charge in [-0.15, -0.1) is 0 Å². The smallest absolute Gasteiger partial charge is 0.249 e. The highest BCUT2D eigenvalue weighted by Crippen LogP contribution is 2.38. The summed E-state index contributed by atoms with van der Waals surface area (Å²) in [5.74, 6) is -0.563. The lowest BCUT2D eigenvalue weighted by Crippen LogP contribution is -2.44. The number of nitrogens with zero attached hydrogens (tertiary/aromatic N) is 3. The van der Waals surface area contributed by atoms with Gasteiger partial charge in [-0.2, -0.15) is 4.31 Å². The minimum atomic E-state index is -3.63. The molecule has 2 aromatic carbocycles. The molecule has 0 saturated carbocycles. The lowest BCUT2D eigenvalue weighted by atomic mass is 9.95. The third-order valence-electron chi connectivity index (χ3n) is 7.35. The number of anilines is 1. The fraction of sp³-hybridized carbons (Fsp3) is 0.500. The van der Waals surface area contributed by atoms with Crippen molar-refractivity contribution in [2.24, 2.45) is 5.92 Å². The third-order valence-corrected chi connectivity index (χ3v) is 9.72. The Kier molecular flexibility index (Phi) is 7.78. The average Bonchev–Trinajstić information content (AvgIpc) is 2.86. The molecule has 35 heavy (non-hydrogen) atoms. The summed E-state index contributed by atoms with van der Waals surface area (Å²) < 4.78 is 43.6. The van der Waals surface area contributed by atoms with Crippen LogP contribution in [0.5, 0.6) is 0 Å². The first kappa shape index (κ1) is 25.6. The Balaban J connectivity index is 1.46. The lowest BCUT2D eigenvalue weighted by Gasteiger charge is -2.37. The second kappa shape index (κ2) is 10.6. The predicted molar refractivity (Wildman–Crippen MR) is 133 cm³/mol. The van der Waals surface area contributed by atoms with E-state index in [4.69, 9.17) is 4.84 Å². The minimum absolute atomic E-state index is 0.0128. The predicted octanol–water partition coefficient (Wildman–Crippen LogP) is 4.12. The van der Waals surface area contributed by atoms with Crippen molar-refractivity contribution in [3.63, 3.8) is 0 Å². The summed E-state index contributed by atoms with van der Waals surface area (Å²) in [5, 5.41) is 0.649. The molecule has 2 aromatic rings. The van der Waals surface area contributed by atoms with Gasteiger partial charge in [-0.1, -0.05) is 36.4 Å². The first-order valence-electron chi connectivity index (χ1n) is 12.1. The molecule has 0 aliphatic carbocycles. The van der Waals surface area contributed by atoms with Gasteiger partial charge in [0.15, 0.2) is 0 Å². The Hall–Kier alpha value is -2.49. The second-order valence-corrected chi connectivity index (χ2v) is 11.5. The third kappa shape index (κ3) is 5.37. The van der Waals surface area contributed by atoms with Gasteiger partial charge in [-0.25, -0.2) is 17.9 Å². The number of hydroxylamine groups is 2. The van der Waals surface area contributed by atoms with Gasteiger partial charge in [-0.3, -0.25) is 9.63 Å². The van der Waals surface area contributed by atoms with Crippen LogP contribution in [0.1, 0.15) is 49.0 Å². The van der Waals surface area contributed by atoms with E-state index < -0.39 is 21.1 Å². The molecule has 2 heterocycles. The van der Waals surface area contributed by atoms with Gasteiger partial charge in [0.25, 0.3) is 0 Å². The number of piperidine rings is 1. The Labute approximate surface area is 207 Å². The number of sulfonamides is 1. The molecule has 2 saturated heterocycles. The Bertz CT molecular complexity index is 1140. The van der Waals surface area contributed by atoms with E-state index in [1.807, 2.05) is 43.3 Å². The molecule has 0 N–H and O–H groups in total. The zero-order valence-electron chi connectivity index (χ0n) is 20.6. The van der Waals surface area contributed by atoms with E-state index in [1.165, 1.54) is 22.5 Å². The van der Waals surface area contributed by atoms with Crippen LogP contribution in [0.4, 0.5) is 10.1 Å². The molecule has 0 bridgehead atoms. The maximum absolute atomic E-state index is 15.2. The van der Waals surface area contributed by atoms with Gasteiger partial charge in [-0.05, 0) is 50.3 Å². The van der Waals surface area contributed by atoms with E-state index >= 15 is 4.39 Å². The quantitative estimate of drug-likeness (QED) is 0.555. The van der Waals surface area contributed by atoms with Crippen molar-refractivity contribution in [3.05, 3.63) is 65.5 Å². The molecule has 0 radical (unpaired) electrons. The Morgan fingerprint density at radius 1 is 1.09 bits per heavy atom. The molecule has 0 aromatic heterocycles. The number of rotatable bonds is 6. The summed E-state index contributed by atoms with van der Waals surface area (Å²) in [6.07, 6.45) is 2.62. The van der Waals surface area contributed by atoms with Crippen molar-refractivity contribution >= 4 is 21.6 Å². The molecule has 0 spiro atoms. The van der Waals surface area contributed by atoms with E-state index in [0.717, 1.165) is 17.7 Å². The van der Waals surface area contributed by atoms with Crippen LogP contribution in [0.3, 0.4) is 0 Å². The van der Waals surface area contributed by atoms with Gasteiger partial charge < -0.3 is 4.90 Å². The largest absolute Gasteiger partial charge is 0.371 e. The summed E-state index contributed by atoms with van der Waals surface area (Å²) in [5.41, 5.74) is 1.89. The van der Waals surface area contributed by atoms with Crippen LogP contribution in [-0.2, 0) is 26.2 Å². The zero-order valence-corrected chi connectivity index (χ0v) is 21.4. The summed E-state index contributed by atoms with van der Waals surface area (Å²) in [4.78, 5) is 19.4. The van der Waals surface area contributed by atoms with Crippen LogP contribution in [0.25, 0.3) is 0 Å². The molecule has 1 amide bonds. The molecule has 4 rings (SSSR count). The Morgan fingerprint density at radius 2 is 1.77 bits per heavy atom. The molecule has 2 atom stereocenters. The van der Waals surface area contributed by atoms with Gasteiger partial charge in [0.05, 0.1) is 7.11 Å². The lowest BCUT2D eigenvalue weighted by molar-refractivity contribution is -0.174. The SMILES string of the molecule is CON(C)C(=O)C1CCN(c2ccc(CN3[C@@H](C)CCC(c4ccccc4)S3(=O)=O)c(F)c2)CC1. The minimum Gasteiger partial charge on any atom is -0.371 e. The van der Waals surface area contributed by atoms with Crippen molar-refractivity contribution in [3.8, 4) is 0 Å². The first-order chi connectivity index (χ1) is 16.7. The van der Waals surface area contributed by atoms with Crippen molar-refractivity contribution in [2.75, 3.05) is 32.1 Å². The molecule has 7 nitrogen and oxygen atoms in total. The van der Waals surface area contributed by atoms with Gasteiger partial charge in [0.2, 0.25) is 15.9 Å². The normalized spacial score (nSPS) is 23.3. The highest BCUT2D eigenvalue weighted by molar-refractivity contribution is 7.89. The molecule has 190 valence electrons. The molecule has 9 heteroatoms. The van der Waals surface area contributed by atoms with Crippen LogP contribution >= 0.6 is 0 Å². The fourth-order valence-corrected chi connectivity index (χ4v) is 7.30. The van der Waals surface area contributed by atoms with E-state index in [2.05, 4.69) is 4.90 Å². The van der Waals surface area contributed by atoms with E-state index in [9.17, 15) is 13.2 Å². The number of amides is 1. The highest BCUT2D eigenvalue weighted by atomic mass is 32.2. The van der Waals surface area contributed by atoms with E-state index in [1.54, 1.807) is 13.1 Å². The number of hydrogen-bond donors (Lipinski definition) is 0. The number of halogens is 1. The summed E-state index contributed by atoms with van der Waals surface area (Å²) in [6, 6.07) is 14.1. The topological polar surface area (TPSA) is 70.2 Å². The number of carbonyl (C=O) groups excluding carboxylic acids is 1. The monoisotopic (exact) mass is 503 g/mol. The van der Waals surface area contributed by atoms with Crippen molar-refractivity contribution in [1.82, 2.24) is 9.37 Å². The maximum Gasteiger partial charge on any atom is 0.249 e. The molecule has 2 aliphatic heterocycles. The maximum atomic E-state index is 15.2. The van der Waals surface area contributed by atoms with Crippen LogP contribution in [0.15, 0.2) is 48.5 Å². The summed E-state index contributed by atoms with van der Waals surface area (Å²) in [6.45, 7) is 3.18. The second-order valence-electron chi connectivity index (χ2n) is 9.47. The molecule has 2 aliphatic rings. The van der Waals surface area contributed by atoms with Gasteiger partial charge in [0.1, 0.15) is 11.1 Å². The zero-order chi connectivity index (χ0) is 25.2. The number of benzene rings is 2. The molecule has 2 fully saturated rings. The molecule has 1 unspecified atom stereocenters. The van der Waals surface area contributed by atoms with Crippen LogP contribution in [-0.4, -0.2) is 57.0 Å². The van der Waals surface area contributed by atoms with Crippen LogP contribution in [0, 0.1) is 11.7 Å². The van der Waals surface area contributed by atoms with Crippen molar-refractivity contribution in [2.45, 2.75) is 50.4 Å². The van der Waals surface area contributed by atoms with Gasteiger partial charge in [0, 0.05) is 49.9 Å². The number of hydrogen-bond acceptors (Lipinski definition) is 5. The van der Waals surface area contributed by atoms with Crippen LogP contribution < -0.4 is 4.90 Å². The molecular weight excluding hydrogens is 469 g/mol. The fourth-order valence-electron chi connectivity index (χ4n) is 5.11. The van der Waals surface area contributed by atoms with Gasteiger partial charge >= 0.3 is 0 Å². The average molecular weight is 504 g/mol. The van der Waals surface area contributed by atoms with Crippen molar-refractivity contribution in [1.29, 1.82) is 0 Å². The summed E-state index contributed by atoms with van der Waals surface area (Å²) >= 11 is 0. The highest BCUT2D eigenvalue weighted by Gasteiger charge is 2.40. The molecular formula is C26H34FN3O4S. The van der Waals surface area contributed by atoms with Crippen LogP contribution in [0.2, 0.25) is 0 Å². The van der Waals surface area contributed by atoms with E-state index in [0.29, 0.717) is 37.9 Å². The summed E-state index contributed by atoms with van der Waals surface area (Å²) in [7, 11) is -0.553. The first-order valence-corrected chi connectivity index (χ1v) is 13.6. The van der Waals surface area contributed by atoms with E-state index in [-0.39, 0.29) is 24.4 Å². The standard InChI is InChI=1S/C26H34FN3O4S/c1-19-9-12-25(20-7-5-4-6-8-20)35(32,33)30(19)18-22-10-11-23(17-24(22)27)29-15-13-21(14-16-29)26(31)28(2)34-3/h4-8,10-11,17,19,21,25H,9,12-16,18H2,1-3H3/t19-,25?/m0/s1.